The zero-order chi connectivity index (χ0) is 31.7. The zero-order valence-corrected chi connectivity index (χ0v) is 26.1. The second-order valence-electron chi connectivity index (χ2n) is 11.6. The highest BCUT2D eigenvalue weighted by Gasteiger charge is 2.32. The van der Waals surface area contributed by atoms with Gasteiger partial charge in [0.1, 0.15) is 24.4 Å². The lowest BCUT2D eigenvalue weighted by atomic mass is 10.00. The van der Waals surface area contributed by atoms with E-state index in [2.05, 4.69) is 21.3 Å². The van der Waals surface area contributed by atoms with Crippen LogP contribution in [-0.4, -0.2) is 85.7 Å². The number of phenols is 1. The molecule has 1 aliphatic heterocycles. The molecule has 0 aliphatic carbocycles. The van der Waals surface area contributed by atoms with Crippen LogP contribution in [0.15, 0.2) is 36.4 Å². The number of ether oxygens (including phenoxy) is 1. The number of fused-ring (bicyclic) bond motifs is 1. The highest BCUT2D eigenvalue weighted by Crippen LogP contribution is 2.25. The Morgan fingerprint density at radius 2 is 1.81 bits per heavy atom. The van der Waals surface area contributed by atoms with Crippen molar-refractivity contribution in [2.24, 2.45) is 5.92 Å². The molecular weight excluding hydrogens is 577 g/mol. The van der Waals surface area contributed by atoms with Crippen molar-refractivity contribution in [3.63, 3.8) is 0 Å². The van der Waals surface area contributed by atoms with Gasteiger partial charge in [0, 0.05) is 19.1 Å². The standard InChI is InChI=1S/C31H43ClFN5O5/c1-18(2)27-31(42)36-25(16-38(4)5)29(40)34-13-7-9-21-8-6-10-23(33)28(21)43-17-19(3)35-24(30(41)37-27)15-20-11-12-26(39)22(32)14-20/h6,8,10-12,14,18-19,24-25,27,35,39H,7,9,13,15-17H2,1-5H3,(H,34,40)(H,36,42)(H,37,41)/t19-,24+,25-,27+/m0/s1. The van der Waals surface area contributed by atoms with E-state index in [1.165, 1.54) is 12.1 Å². The summed E-state index contributed by atoms with van der Waals surface area (Å²) in [5, 5.41) is 21.8. The van der Waals surface area contributed by atoms with Crippen LogP contribution in [0, 0.1) is 11.7 Å². The summed E-state index contributed by atoms with van der Waals surface area (Å²) in [6, 6.07) is 6.37. The Balaban J connectivity index is 1.95. The van der Waals surface area contributed by atoms with Crippen LogP contribution in [-0.2, 0) is 27.2 Å². The second kappa shape index (κ2) is 15.9. The number of carbonyl (C=O) groups is 3. The number of nitrogens with zero attached hydrogens (tertiary/aromatic N) is 1. The number of para-hydroxylation sites is 1. The maximum absolute atomic E-state index is 14.8. The third kappa shape index (κ3) is 10.1. The normalized spacial score (nSPS) is 23.0. The number of hydrogen-bond donors (Lipinski definition) is 5. The van der Waals surface area contributed by atoms with Crippen molar-refractivity contribution < 1.29 is 28.6 Å². The fourth-order valence-corrected chi connectivity index (χ4v) is 5.08. The number of rotatable bonds is 5. The molecule has 236 valence electrons. The maximum atomic E-state index is 14.8. The van der Waals surface area contributed by atoms with E-state index in [9.17, 15) is 23.9 Å². The summed E-state index contributed by atoms with van der Waals surface area (Å²) in [5.41, 5.74) is 1.34. The Bertz CT molecular complexity index is 1280. The van der Waals surface area contributed by atoms with Crippen molar-refractivity contribution in [2.75, 3.05) is 33.8 Å². The number of hydrogen-bond acceptors (Lipinski definition) is 7. The molecule has 0 saturated heterocycles. The summed E-state index contributed by atoms with van der Waals surface area (Å²) in [5.74, 6) is -2.02. The van der Waals surface area contributed by atoms with Crippen LogP contribution in [0.2, 0.25) is 5.02 Å². The molecule has 0 bridgehead atoms. The van der Waals surface area contributed by atoms with Crippen LogP contribution in [0.4, 0.5) is 4.39 Å². The highest BCUT2D eigenvalue weighted by atomic mass is 35.5. The predicted molar refractivity (Wildman–Crippen MR) is 164 cm³/mol. The fraction of sp³-hybridized carbons (Fsp3) is 0.516. The lowest BCUT2D eigenvalue weighted by molar-refractivity contribution is -0.133. The number of carbonyl (C=O) groups excluding carboxylic acids is 3. The molecule has 0 spiro atoms. The number of aromatic hydroxyl groups is 1. The first-order chi connectivity index (χ1) is 20.3. The Kier molecular flexibility index (Phi) is 12.6. The largest absolute Gasteiger partial charge is 0.506 e. The van der Waals surface area contributed by atoms with E-state index in [4.69, 9.17) is 16.3 Å². The van der Waals surface area contributed by atoms with Crippen LogP contribution in [0.5, 0.6) is 11.5 Å². The van der Waals surface area contributed by atoms with E-state index in [-0.39, 0.29) is 47.9 Å². The Morgan fingerprint density at radius 3 is 2.49 bits per heavy atom. The lowest BCUT2D eigenvalue weighted by Gasteiger charge is -2.29. The van der Waals surface area contributed by atoms with E-state index >= 15 is 0 Å². The zero-order valence-electron chi connectivity index (χ0n) is 25.4. The van der Waals surface area contributed by atoms with Gasteiger partial charge in [0.15, 0.2) is 11.6 Å². The molecule has 0 saturated carbocycles. The fourth-order valence-electron chi connectivity index (χ4n) is 4.88. The van der Waals surface area contributed by atoms with E-state index in [0.29, 0.717) is 30.5 Å². The second-order valence-corrected chi connectivity index (χ2v) is 12.0. The summed E-state index contributed by atoms with van der Waals surface area (Å²) in [6.07, 6.45) is 1.17. The van der Waals surface area contributed by atoms with Crippen LogP contribution in [0.3, 0.4) is 0 Å². The van der Waals surface area contributed by atoms with Gasteiger partial charge in [-0.15, -0.1) is 0 Å². The third-order valence-electron chi connectivity index (χ3n) is 7.13. The number of halogens is 2. The SMILES string of the molecule is CC(C)[C@H]1NC(=O)[C@@H](Cc2ccc(O)c(Cl)c2)N[C@@H](C)COc2c(F)cccc2CCCNC(=O)[C@H](CN(C)C)NC1=O. The van der Waals surface area contributed by atoms with Gasteiger partial charge in [-0.1, -0.05) is 43.6 Å². The number of phenolic OH excluding ortho intramolecular Hbond substituents is 1. The van der Waals surface area contributed by atoms with Crippen LogP contribution in [0.25, 0.3) is 0 Å². The number of benzene rings is 2. The number of amides is 3. The van der Waals surface area contributed by atoms with E-state index in [0.717, 1.165) is 0 Å². The molecule has 4 atom stereocenters. The van der Waals surface area contributed by atoms with Crippen molar-refractivity contribution in [3.05, 3.63) is 58.4 Å². The van der Waals surface area contributed by atoms with E-state index in [1.54, 1.807) is 43.3 Å². The summed E-state index contributed by atoms with van der Waals surface area (Å²) in [7, 11) is 3.59. The van der Waals surface area contributed by atoms with Crippen molar-refractivity contribution in [1.82, 2.24) is 26.2 Å². The number of aryl methyl sites for hydroxylation is 1. The molecular formula is C31H43ClFN5O5. The van der Waals surface area contributed by atoms with Gasteiger partial charge in [-0.05, 0) is 75.5 Å². The average molecular weight is 620 g/mol. The molecule has 1 aliphatic rings. The highest BCUT2D eigenvalue weighted by molar-refractivity contribution is 6.32. The van der Waals surface area contributed by atoms with Gasteiger partial charge >= 0.3 is 0 Å². The Morgan fingerprint density at radius 1 is 1.07 bits per heavy atom. The molecule has 0 radical (unpaired) electrons. The van der Waals surface area contributed by atoms with Crippen molar-refractivity contribution in [1.29, 1.82) is 0 Å². The van der Waals surface area contributed by atoms with Crippen LogP contribution >= 0.6 is 11.6 Å². The van der Waals surface area contributed by atoms with Crippen molar-refractivity contribution in [2.45, 2.75) is 64.2 Å². The molecule has 3 rings (SSSR count). The minimum absolute atomic E-state index is 0.0606. The van der Waals surface area contributed by atoms with Gasteiger partial charge in [0.25, 0.3) is 0 Å². The van der Waals surface area contributed by atoms with Gasteiger partial charge < -0.3 is 30.7 Å². The minimum Gasteiger partial charge on any atom is -0.506 e. The average Bonchev–Trinajstić information content (AvgIpc) is 2.93. The van der Waals surface area contributed by atoms with E-state index < -0.39 is 41.8 Å². The first-order valence-corrected chi connectivity index (χ1v) is 14.9. The molecule has 1 heterocycles. The smallest absolute Gasteiger partial charge is 0.243 e. The lowest BCUT2D eigenvalue weighted by Crippen LogP contribution is -2.60. The molecule has 0 fully saturated rings. The first kappa shape index (κ1) is 34.1. The van der Waals surface area contributed by atoms with E-state index in [1.807, 2.05) is 20.8 Å². The Hall–Kier alpha value is -3.41. The van der Waals surface area contributed by atoms with Crippen LogP contribution < -0.4 is 26.0 Å². The molecule has 2 aromatic carbocycles. The first-order valence-electron chi connectivity index (χ1n) is 14.5. The summed E-state index contributed by atoms with van der Waals surface area (Å²) < 4.78 is 20.7. The molecule has 5 N–H and O–H groups in total. The molecule has 2 aromatic rings. The number of likely N-dealkylation sites (N-methyl/N-ethyl adjacent to an activating group) is 1. The number of nitrogens with one attached hydrogen (secondary N) is 4. The van der Waals surface area contributed by atoms with Gasteiger partial charge in [-0.2, -0.15) is 0 Å². The molecule has 10 nitrogen and oxygen atoms in total. The van der Waals surface area contributed by atoms with Gasteiger partial charge in [-0.3, -0.25) is 19.7 Å². The monoisotopic (exact) mass is 619 g/mol. The van der Waals surface area contributed by atoms with Crippen LogP contribution in [0.1, 0.15) is 38.3 Å². The molecule has 12 heteroatoms. The van der Waals surface area contributed by atoms with Gasteiger partial charge in [0.05, 0.1) is 11.1 Å². The molecule has 43 heavy (non-hydrogen) atoms. The van der Waals surface area contributed by atoms with Gasteiger partial charge in [-0.25, -0.2) is 4.39 Å². The van der Waals surface area contributed by atoms with Crippen molar-refractivity contribution in [3.8, 4) is 11.5 Å². The predicted octanol–water partition coefficient (Wildman–Crippen LogP) is 2.40. The maximum Gasteiger partial charge on any atom is 0.243 e. The minimum atomic E-state index is -0.927. The quantitative estimate of drug-likeness (QED) is 0.347. The van der Waals surface area contributed by atoms with Gasteiger partial charge in [0.2, 0.25) is 17.7 Å². The molecule has 3 amide bonds. The third-order valence-corrected chi connectivity index (χ3v) is 7.43. The molecule has 0 unspecified atom stereocenters. The summed E-state index contributed by atoms with van der Waals surface area (Å²) >= 11 is 6.12. The van der Waals surface area contributed by atoms with Crippen molar-refractivity contribution >= 4 is 29.3 Å². The Labute approximate surface area is 257 Å². The topological polar surface area (TPSA) is 132 Å². The molecule has 0 aromatic heterocycles. The summed E-state index contributed by atoms with van der Waals surface area (Å²) in [6.45, 7) is 6.06. The summed E-state index contributed by atoms with van der Waals surface area (Å²) in [4.78, 5) is 42.1.